The van der Waals surface area contributed by atoms with E-state index in [4.69, 9.17) is 0 Å². The quantitative estimate of drug-likeness (QED) is 0.747. The summed E-state index contributed by atoms with van der Waals surface area (Å²) in [7, 11) is 0. The maximum atomic E-state index is 9.39. The molecule has 0 atom stereocenters. The van der Waals surface area contributed by atoms with E-state index in [1.54, 1.807) is 40.9 Å². The van der Waals surface area contributed by atoms with Gasteiger partial charge in [-0.1, -0.05) is 12.1 Å². The first-order valence-corrected chi connectivity index (χ1v) is 7.13. The molecule has 3 rings (SSSR count). The molecule has 2 N–H and O–H groups in total. The third kappa shape index (κ3) is 2.37. The van der Waals surface area contributed by atoms with Gasteiger partial charge >= 0.3 is 0 Å². The molecule has 2 heterocycles. The van der Waals surface area contributed by atoms with Crippen molar-refractivity contribution in [3.8, 4) is 16.3 Å². The predicted molar refractivity (Wildman–Crippen MR) is 76.8 cm³/mol. The number of benzene rings is 1. The molecule has 0 radical (unpaired) electrons. The van der Waals surface area contributed by atoms with Gasteiger partial charge in [-0.15, -0.1) is 22.7 Å². The minimum absolute atomic E-state index is 0.245. The van der Waals surface area contributed by atoms with Crippen molar-refractivity contribution in [3.63, 3.8) is 0 Å². The van der Waals surface area contributed by atoms with Gasteiger partial charge in [0.25, 0.3) is 0 Å². The number of nitrogens with zero attached hydrogens (tertiary/aromatic N) is 1. The summed E-state index contributed by atoms with van der Waals surface area (Å²) in [5.74, 6) is 0.245. The molecule has 0 saturated carbocycles. The van der Waals surface area contributed by atoms with E-state index in [1.165, 1.54) is 0 Å². The van der Waals surface area contributed by atoms with Crippen molar-refractivity contribution in [1.82, 2.24) is 4.98 Å². The van der Waals surface area contributed by atoms with E-state index in [2.05, 4.69) is 16.4 Å². The van der Waals surface area contributed by atoms with Crippen LogP contribution in [0.25, 0.3) is 10.6 Å². The third-order valence-electron chi connectivity index (χ3n) is 2.38. The van der Waals surface area contributed by atoms with Gasteiger partial charge in [0.15, 0.2) is 5.13 Å². The van der Waals surface area contributed by atoms with Crippen LogP contribution in [0.5, 0.6) is 5.75 Å². The molecule has 0 aliphatic rings. The van der Waals surface area contributed by atoms with Crippen molar-refractivity contribution >= 4 is 33.5 Å². The Balaban J connectivity index is 1.82. The van der Waals surface area contributed by atoms with E-state index in [0.29, 0.717) is 0 Å². The molecule has 0 spiro atoms. The number of hydrogen-bond donors (Lipinski definition) is 2. The highest BCUT2D eigenvalue weighted by Crippen LogP contribution is 2.30. The number of nitrogens with one attached hydrogen (secondary N) is 1. The third-order valence-corrected chi connectivity index (χ3v) is 4.03. The molecular formula is C13H10N2OS2. The van der Waals surface area contributed by atoms with Gasteiger partial charge < -0.3 is 10.4 Å². The average molecular weight is 274 g/mol. The zero-order valence-corrected chi connectivity index (χ0v) is 11.0. The van der Waals surface area contributed by atoms with Crippen LogP contribution in [0.4, 0.5) is 10.8 Å². The highest BCUT2D eigenvalue weighted by atomic mass is 32.1. The smallest absolute Gasteiger partial charge is 0.187 e. The molecule has 0 amide bonds. The number of thiophene rings is 1. The van der Waals surface area contributed by atoms with Crippen molar-refractivity contribution in [2.24, 2.45) is 0 Å². The van der Waals surface area contributed by atoms with Crippen LogP contribution in [-0.4, -0.2) is 10.1 Å². The van der Waals surface area contributed by atoms with Crippen molar-refractivity contribution in [3.05, 3.63) is 47.2 Å². The predicted octanol–water partition coefficient (Wildman–Crippen LogP) is 4.32. The Morgan fingerprint density at radius 2 is 2.06 bits per heavy atom. The van der Waals surface area contributed by atoms with E-state index in [9.17, 15) is 5.11 Å². The summed E-state index contributed by atoms with van der Waals surface area (Å²) in [5.41, 5.74) is 1.82. The number of aromatic nitrogens is 1. The standard InChI is InChI=1S/C13H10N2OS2/c16-10-4-1-3-9(7-10)14-13-15-11(8-18-13)12-5-2-6-17-12/h1-8,16H,(H,14,15). The van der Waals surface area contributed by atoms with Crippen molar-refractivity contribution in [2.75, 3.05) is 5.32 Å². The van der Waals surface area contributed by atoms with E-state index in [1.807, 2.05) is 22.9 Å². The molecule has 0 bridgehead atoms. The SMILES string of the molecule is Oc1cccc(Nc2nc(-c3cccs3)cs2)c1. The molecule has 0 fully saturated rings. The Labute approximate surface area is 112 Å². The molecule has 0 aliphatic carbocycles. The summed E-state index contributed by atoms with van der Waals surface area (Å²) in [5, 5.41) is 17.5. The zero-order valence-electron chi connectivity index (χ0n) is 9.33. The normalized spacial score (nSPS) is 10.4. The highest BCUT2D eigenvalue weighted by molar-refractivity contribution is 7.16. The Morgan fingerprint density at radius 3 is 2.83 bits per heavy atom. The number of phenols is 1. The van der Waals surface area contributed by atoms with Crippen molar-refractivity contribution in [2.45, 2.75) is 0 Å². The number of hydrogen-bond acceptors (Lipinski definition) is 5. The topological polar surface area (TPSA) is 45.1 Å². The Hall–Kier alpha value is -1.85. The van der Waals surface area contributed by atoms with Crippen LogP contribution in [0.2, 0.25) is 0 Å². The molecule has 0 unspecified atom stereocenters. The summed E-state index contributed by atoms with van der Waals surface area (Å²) < 4.78 is 0. The molecule has 3 nitrogen and oxygen atoms in total. The first-order chi connectivity index (χ1) is 8.81. The first-order valence-electron chi connectivity index (χ1n) is 5.37. The highest BCUT2D eigenvalue weighted by Gasteiger charge is 2.05. The van der Waals surface area contributed by atoms with Crippen LogP contribution in [0.3, 0.4) is 0 Å². The maximum absolute atomic E-state index is 9.39. The lowest BCUT2D eigenvalue weighted by Crippen LogP contribution is -1.88. The second-order valence-corrected chi connectivity index (χ2v) is 5.50. The van der Waals surface area contributed by atoms with E-state index in [0.717, 1.165) is 21.4 Å². The van der Waals surface area contributed by atoms with Gasteiger partial charge in [-0.2, -0.15) is 0 Å². The van der Waals surface area contributed by atoms with Crippen LogP contribution >= 0.6 is 22.7 Å². The molecule has 2 aromatic heterocycles. The summed E-state index contributed by atoms with van der Waals surface area (Å²) in [6.45, 7) is 0. The van der Waals surface area contributed by atoms with Crippen LogP contribution in [0.1, 0.15) is 0 Å². The van der Waals surface area contributed by atoms with Gasteiger partial charge in [-0.05, 0) is 23.6 Å². The molecule has 0 aliphatic heterocycles. The van der Waals surface area contributed by atoms with Crippen LogP contribution < -0.4 is 5.32 Å². The molecule has 18 heavy (non-hydrogen) atoms. The van der Waals surface area contributed by atoms with E-state index >= 15 is 0 Å². The van der Waals surface area contributed by atoms with Gasteiger partial charge in [0, 0.05) is 17.1 Å². The van der Waals surface area contributed by atoms with Crippen LogP contribution in [0.15, 0.2) is 47.2 Å². The largest absolute Gasteiger partial charge is 0.508 e. The summed E-state index contributed by atoms with van der Waals surface area (Å²) in [4.78, 5) is 5.68. The Morgan fingerprint density at radius 1 is 1.11 bits per heavy atom. The van der Waals surface area contributed by atoms with E-state index in [-0.39, 0.29) is 5.75 Å². The second kappa shape index (κ2) is 4.80. The first kappa shape index (κ1) is 11.3. The Bertz CT molecular complexity index is 647. The molecule has 3 aromatic rings. The summed E-state index contributed by atoms with van der Waals surface area (Å²) >= 11 is 3.23. The molecular weight excluding hydrogens is 264 g/mol. The van der Waals surface area contributed by atoms with Crippen molar-refractivity contribution < 1.29 is 5.11 Å². The second-order valence-electron chi connectivity index (χ2n) is 3.69. The van der Waals surface area contributed by atoms with Gasteiger partial charge in [-0.25, -0.2) is 4.98 Å². The lowest BCUT2D eigenvalue weighted by atomic mass is 10.3. The molecule has 1 aromatic carbocycles. The molecule has 5 heteroatoms. The van der Waals surface area contributed by atoms with Gasteiger partial charge in [0.1, 0.15) is 5.75 Å². The summed E-state index contributed by atoms with van der Waals surface area (Å²) in [6.07, 6.45) is 0. The molecule has 90 valence electrons. The van der Waals surface area contributed by atoms with Gasteiger partial charge in [-0.3, -0.25) is 0 Å². The monoisotopic (exact) mass is 274 g/mol. The van der Waals surface area contributed by atoms with Crippen molar-refractivity contribution in [1.29, 1.82) is 0 Å². The van der Waals surface area contributed by atoms with Crippen LogP contribution in [0, 0.1) is 0 Å². The number of aromatic hydroxyl groups is 1. The summed E-state index contributed by atoms with van der Waals surface area (Å²) in [6, 6.07) is 11.1. The Kier molecular flexibility index (Phi) is 3.00. The zero-order chi connectivity index (χ0) is 12.4. The lowest BCUT2D eigenvalue weighted by Gasteiger charge is -2.02. The fourth-order valence-electron chi connectivity index (χ4n) is 1.58. The van der Waals surface area contributed by atoms with Gasteiger partial charge in [0.2, 0.25) is 0 Å². The minimum atomic E-state index is 0.245. The molecule has 0 saturated heterocycles. The fourth-order valence-corrected chi connectivity index (χ4v) is 3.07. The number of rotatable bonds is 3. The fraction of sp³-hybridized carbons (Fsp3) is 0. The number of thiazole rings is 1. The van der Waals surface area contributed by atoms with E-state index < -0.39 is 0 Å². The maximum Gasteiger partial charge on any atom is 0.187 e. The number of anilines is 2. The number of phenolic OH excluding ortho intramolecular Hbond substituents is 1. The van der Waals surface area contributed by atoms with Gasteiger partial charge in [0.05, 0.1) is 10.6 Å². The van der Waals surface area contributed by atoms with Crippen LogP contribution in [-0.2, 0) is 0 Å². The minimum Gasteiger partial charge on any atom is -0.508 e. The average Bonchev–Trinajstić information content (AvgIpc) is 2.98. The lowest BCUT2D eigenvalue weighted by molar-refractivity contribution is 0.475.